The molecule has 2 atom stereocenters. The van der Waals surface area contributed by atoms with Gasteiger partial charge in [0.1, 0.15) is 5.60 Å². The van der Waals surface area contributed by atoms with Crippen molar-refractivity contribution in [3.63, 3.8) is 0 Å². The van der Waals surface area contributed by atoms with Crippen LogP contribution in [0.4, 0.5) is 4.79 Å². The monoisotopic (exact) mass is 282 g/mol. The largest absolute Gasteiger partial charge is 0.444 e. The van der Waals surface area contributed by atoms with Crippen LogP contribution in [0.5, 0.6) is 0 Å². The van der Waals surface area contributed by atoms with Crippen molar-refractivity contribution in [2.45, 2.75) is 69.7 Å². The lowest BCUT2D eigenvalue weighted by molar-refractivity contribution is -0.0197. The van der Waals surface area contributed by atoms with Crippen LogP contribution in [0.2, 0.25) is 0 Å². The molecule has 0 radical (unpaired) electrons. The molecule has 0 aromatic heterocycles. The van der Waals surface area contributed by atoms with Crippen LogP contribution in [0, 0.1) is 0 Å². The first-order chi connectivity index (χ1) is 9.35. The van der Waals surface area contributed by atoms with Gasteiger partial charge >= 0.3 is 6.09 Å². The molecule has 5 heteroatoms. The lowest BCUT2D eigenvalue weighted by Gasteiger charge is -2.44. The number of fused-ring (bicyclic) bond motifs is 2. The number of piperazine rings is 1. The third-order valence-electron chi connectivity index (χ3n) is 4.88. The van der Waals surface area contributed by atoms with Crippen molar-refractivity contribution >= 4 is 6.09 Å². The van der Waals surface area contributed by atoms with Crippen LogP contribution in [0.25, 0.3) is 0 Å². The number of carbonyl (C=O) groups is 1. The number of amides is 1. The van der Waals surface area contributed by atoms with Crippen LogP contribution in [-0.2, 0) is 4.74 Å². The second-order valence-electron chi connectivity index (χ2n) is 7.56. The average molecular weight is 282 g/mol. The van der Waals surface area contributed by atoms with Gasteiger partial charge in [0, 0.05) is 30.7 Å². The quantitative estimate of drug-likeness (QED) is 0.836. The molecule has 0 spiro atoms. The topological polar surface area (TPSA) is 53.0 Å². The molecule has 114 valence electrons. The molecule has 2 heterocycles. The van der Waals surface area contributed by atoms with Crippen molar-refractivity contribution in [1.29, 1.82) is 0 Å². The maximum Gasteiger partial charge on any atom is 0.410 e. The summed E-state index contributed by atoms with van der Waals surface area (Å²) in [5, 5.41) is 9.58. The van der Waals surface area contributed by atoms with E-state index >= 15 is 0 Å². The third kappa shape index (κ3) is 2.42. The molecule has 2 bridgehead atoms. The van der Waals surface area contributed by atoms with E-state index in [1.54, 1.807) is 0 Å². The van der Waals surface area contributed by atoms with E-state index in [1.807, 2.05) is 25.7 Å². The number of carbonyl (C=O) groups excluding carboxylic acids is 1. The number of likely N-dealkylation sites (tertiary alicyclic amines) is 1. The smallest absolute Gasteiger partial charge is 0.410 e. The first-order valence-corrected chi connectivity index (χ1v) is 7.72. The fraction of sp³-hybridized carbons (Fsp3) is 0.933. The van der Waals surface area contributed by atoms with Crippen LogP contribution in [-0.4, -0.2) is 63.9 Å². The highest BCUT2D eigenvalue weighted by Crippen LogP contribution is 2.45. The van der Waals surface area contributed by atoms with Gasteiger partial charge in [-0.1, -0.05) is 0 Å². The fourth-order valence-electron chi connectivity index (χ4n) is 3.62. The second kappa shape index (κ2) is 4.60. The Morgan fingerprint density at radius 3 is 2.20 bits per heavy atom. The molecule has 0 aromatic carbocycles. The summed E-state index contributed by atoms with van der Waals surface area (Å²) in [6.45, 7) is 7.75. The van der Waals surface area contributed by atoms with Gasteiger partial charge in [-0.25, -0.2) is 4.79 Å². The molecule has 3 fully saturated rings. The number of nitrogens with zero attached hydrogens (tertiary/aromatic N) is 2. The van der Waals surface area contributed by atoms with E-state index in [1.165, 1.54) is 0 Å². The Kier molecular flexibility index (Phi) is 3.25. The van der Waals surface area contributed by atoms with Gasteiger partial charge in [0.25, 0.3) is 0 Å². The summed E-state index contributed by atoms with van der Waals surface area (Å²) in [7, 11) is 0. The van der Waals surface area contributed by atoms with E-state index in [4.69, 9.17) is 4.74 Å². The molecule has 2 saturated heterocycles. The molecule has 5 nitrogen and oxygen atoms in total. The van der Waals surface area contributed by atoms with Gasteiger partial charge in [-0.2, -0.15) is 0 Å². The lowest BCUT2D eigenvalue weighted by atomic mass is 10.1. The second-order valence-corrected chi connectivity index (χ2v) is 7.56. The van der Waals surface area contributed by atoms with E-state index in [0.29, 0.717) is 0 Å². The first kappa shape index (κ1) is 14.1. The SMILES string of the molecule is CC(C)(C)OC(=O)N1C2CCC1CN(C1(CO)CC1)C2. The molecule has 20 heavy (non-hydrogen) atoms. The average Bonchev–Trinajstić information content (AvgIpc) is 3.09. The highest BCUT2D eigenvalue weighted by atomic mass is 16.6. The number of hydrogen-bond acceptors (Lipinski definition) is 4. The van der Waals surface area contributed by atoms with Crippen LogP contribution in [0.1, 0.15) is 46.5 Å². The Morgan fingerprint density at radius 1 is 1.25 bits per heavy atom. The Morgan fingerprint density at radius 2 is 1.80 bits per heavy atom. The molecule has 1 N–H and O–H groups in total. The molecule has 1 saturated carbocycles. The summed E-state index contributed by atoms with van der Waals surface area (Å²) in [6.07, 6.45) is 4.13. The van der Waals surface area contributed by atoms with Gasteiger partial charge in [0.2, 0.25) is 0 Å². The Labute approximate surface area is 120 Å². The van der Waals surface area contributed by atoms with E-state index in [-0.39, 0.29) is 30.3 Å². The van der Waals surface area contributed by atoms with Gasteiger partial charge in [0.05, 0.1) is 6.61 Å². The number of hydrogen-bond donors (Lipinski definition) is 1. The summed E-state index contributed by atoms with van der Waals surface area (Å²) < 4.78 is 5.54. The van der Waals surface area contributed by atoms with Crippen molar-refractivity contribution in [2.24, 2.45) is 0 Å². The van der Waals surface area contributed by atoms with Crippen molar-refractivity contribution in [2.75, 3.05) is 19.7 Å². The zero-order valence-electron chi connectivity index (χ0n) is 12.8. The third-order valence-corrected chi connectivity index (χ3v) is 4.88. The molecule has 1 aliphatic carbocycles. The van der Waals surface area contributed by atoms with Gasteiger partial charge in [-0.15, -0.1) is 0 Å². The van der Waals surface area contributed by atoms with E-state index in [9.17, 15) is 9.90 Å². The van der Waals surface area contributed by atoms with Gasteiger partial charge < -0.3 is 9.84 Å². The molecule has 1 amide bonds. The summed E-state index contributed by atoms with van der Waals surface area (Å²) in [5.41, 5.74) is -0.405. The Balaban J connectivity index is 1.68. The molecular formula is C15H26N2O3. The Hall–Kier alpha value is -0.810. The lowest BCUT2D eigenvalue weighted by Crippen LogP contribution is -2.60. The molecular weight excluding hydrogens is 256 g/mol. The van der Waals surface area contributed by atoms with Crippen molar-refractivity contribution in [3.05, 3.63) is 0 Å². The highest BCUT2D eigenvalue weighted by Gasteiger charge is 2.54. The number of aliphatic hydroxyl groups excluding tert-OH is 1. The predicted molar refractivity (Wildman–Crippen MR) is 75.5 cm³/mol. The van der Waals surface area contributed by atoms with Gasteiger partial charge in [0.15, 0.2) is 0 Å². The predicted octanol–water partition coefficient (Wildman–Crippen LogP) is 1.59. The Bertz CT molecular complexity index is 386. The first-order valence-electron chi connectivity index (χ1n) is 7.72. The number of aliphatic hydroxyl groups is 1. The number of ether oxygens (including phenoxy) is 1. The summed E-state index contributed by atoms with van der Waals surface area (Å²) >= 11 is 0. The maximum atomic E-state index is 12.4. The van der Waals surface area contributed by atoms with Crippen LogP contribution < -0.4 is 0 Å². The molecule has 0 aromatic rings. The minimum absolute atomic E-state index is 0.0286. The molecule has 3 rings (SSSR count). The molecule has 2 unspecified atom stereocenters. The van der Waals surface area contributed by atoms with Crippen LogP contribution in [0.15, 0.2) is 0 Å². The zero-order chi connectivity index (χ0) is 14.5. The summed E-state index contributed by atoms with van der Waals surface area (Å²) in [6, 6.07) is 0.514. The number of rotatable bonds is 2. The van der Waals surface area contributed by atoms with E-state index < -0.39 is 5.60 Å². The zero-order valence-corrected chi connectivity index (χ0v) is 12.8. The van der Waals surface area contributed by atoms with Crippen molar-refractivity contribution < 1.29 is 14.6 Å². The van der Waals surface area contributed by atoms with Crippen molar-refractivity contribution in [1.82, 2.24) is 9.80 Å². The molecule has 3 aliphatic rings. The van der Waals surface area contributed by atoms with E-state index in [2.05, 4.69) is 4.90 Å². The summed E-state index contributed by atoms with van der Waals surface area (Å²) in [5.74, 6) is 0. The molecule has 2 aliphatic heterocycles. The standard InChI is InChI=1S/C15H26N2O3/c1-14(2,3)20-13(19)17-11-4-5-12(17)9-16(8-11)15(10-18)6-7-15/h11-12,18H,4-10H2,1-3H3. The minimum atomic E-state index is -0.434. The minimum Gasteiger partial charge on any atom is -0.444 e. The maximum absolute atomic E-state index is 12.4. The fourth-order valence-corrected chi connectivity index (χ4v) is 3.62. The normalized spacial score (nSPS) is 32.3. The van der Waals surface area contributed by atoms with Gasteiger partial charge in [-0.3, -0.25) is 9.80 Å². The van der Waals surface area contributed by atoms with Crippen LogP contribution >= 0.6 is 0 Å². The van der Waals surface area contributed by atoms with E-state index in [0.717, 1.165) is 38.8 Å². The van der Waals surface area contributed by atoms with Crippen LogP contribution in [0.3, 0.4) is 0 Å². The highest BCUT2D eigenvalue weighted by molar-refractivity contribution is 5.69. The van der Waals surface area contributed by atoms with Crippen molar-refractivity contribution in [3.8, 4) is 0 Å². The van der Waals surface area contributed by atoms with Gasteiger partial charge in [-0.05, 0) is 46.5 Å². The summed E-state index contributed by atoms with van der Waals surface area (Å²) in [4.78, 5) is 16.7.